The molecule has 2 aromatic carbocycles. The number of amides is 1. The number of hydrogen-bond donors (Lipinski definition) is 2. The summed E-state index contributed by atoms with van der Waals surface area (Å²) in [4.78, 5) is 12.5. The summed E-state index contributed by atoms with van der Waals surface area (Å²) in [6.45, 7) is 2.10. The second kappa shape index (κ2) is 7.50. The van der Waals surface area contributed by atoms with E-state index in [1.807, 2.05) is 12.1 Å². The number of hydrogen-bond acceptors (Lipinski definition) is 5. The van der Waals surface area contributed by atoms with E-state index in [-0.39, 0.29) is 24.0 Å². The quantitative estimate of drug-likeness (QED) is 0.691. The van der Waals surface area contributed by atoms with Crippen molar-refractivity contribution in [3.63, 3.8) is 0 Å². The fourth-order valence-corrected chi connectivity index (χ4v) is 3.74. The minimum Gasteiger partial charge on any atom is -0.502 e. The number of benzene rings is 2. The van der Waals surface area contributed by atoms with Crippen LogP contribution in [0.5, 0.6) is 17.2 Å². The largest absolute Gasteiger partial charge is 0.502 e. The molecule has 3 aromatic rings. The van der Waals surface area contributed by atoms with E-state index in [4.69, 9.17) is 9.47 Å². The summed E-state index contributed by atoms with van der Waals surface area (Å²) in [5, 5.41) is 17.7. The normalized spacial score (nSPS) is 15.6. The zero-order chi connectivity index (χ0) is 20.5. The Morgan fingerprint density at radius 1 is 1.21 bits per heavy atom. The first-order valence-electron chi connectivity index (χ1n) is 9.47. The molecule has 1 atom stereocenters. The SMILES string of the molecule is CCc1cccc(-n2ncc3c2NC(=O)CC3c2cc(OC)c(O)c(OC)c2)c1. The lowest BCUT2D eigenvalue weighted by Crippen LogP contribution is -2.24. The molecule has 7 heteroatoms. The molecule has 1 aliphatic heterocycles. The van der Waals surface area contributed by atoms with Gasteiger partial charge in [0.1, 0.15) is 5.82 Å². The number of rotatable bonds is 5. The van der Waals surface area contributed by atoms with Gasteiger partial charge in [-0.15, -0.1) is 0 Å². The number of ether oxygens (including phenoxy) is 2. The Hall–Kier alpha value is -3.48. The summed E-state index contributed by atoms with van der Waals surface area (Å²) >= 11 is 0. The third-order valence-electron chi connectivity index (χ3n) is 5.29. The van der Waals surface area contributed by atoms with E-state index >= 15 is 0 Å². The van der Waals surface area contributed by atoms with E-state index in [0.29, 0.717) is 17.3 Å². The van der Waals surface area contributed by atoms with Crippen molar-refractivity contribution in [2.45, 2.75) is 25.7 Å². The average molecular weight is 393 g/mol. The lowest BCUT2D eigenvalue weighted by atomic mass is 9.87. The number of aryl methyl sites for hydroxylation is 1. The van der Waals surface area contributed by atoms with Gasteiger partial charge in [-0.3, -0.25) is 4.79 Å². The number of aromatic hydroxyl groups is 1. The first-order chi connectivity index (χ1) is 14.0. The van der Waals surface area contributed by atoms with Gasteiger partial charge in [-0.05, 0) is 41.8 Å². The van der Waals surface area contributed by atoms with Crippen LogP contribution in [-0.4, -0.2) is 35.0 Å². The second-order valence-electron chi connectivity index (χ2n) is 6.96. The van der Waals surface area contributed by atoms with Crippen molar-refractivity contribution in [2.24, 2.45) is 0 Å². The van der Waals surface area contributed by atoms with Gasteiger partial charge in [0, 0.05) is 17.9 Å². The van der Waals surface area contributed by atoms with Crippen molar-refractivity contribution in [2.75, 3.05) is 19.5 Å². The predicted molar refractivity (Wildman–Crippen MR) is 109 cm³/mol. The van der Waals surface area contributed by atoms with E-state index in [0.717, 1.165) is 23.2 Å². The lowest BCUT2D eigenvalue weighted by Gasteiger charge is -2.24. The molecule has 0 fully saturated rings. The highest BCUT2D eigenvalue weighted by molar-refractivity contribution is 5.94. The number of aromatic nitrogens is 2. The Balaban J connectivity index is 1.82. The summed E-state index contributed by atoms with van der Waals surface area (Å²) in [6.07, 6.45) is 2.97. The number of fused-ring (bicyclic) bond motifs is 1. The second-order valence-corrected chi connectivity index (χ2v) is 6.96. The van der Waals surface area contributed by atoms with Crippen LogP contribution in [0.1, 0.15) is 36.0 Å². The highest BCUT2D eigenvalue weighted by Crippen LogP contribution is 2.44. The number of nitrogens with zero attached hydrogens (tertiary/aromatic N) is 2. The third kappa shape index (κ3) is 3.29. The fourth-order valence-electron chi connectivity index (χ4n) is 3.74. The van der Waals surface area contributed by atoms with Crippen LogP contribution in [0.25, 0.3) is 5.69 Å². The Bertz CT molecular complexity index is 1050. The van der Waals surface area contributed by atoms with Gasteiger partial charge in [0.25, 0.3) is 0 Å². The number of nitrogens with one attached hydrogen (secondary N) is 1. The number of anilines is 1. The van der Waals surface area contributed by atoms with Crippen molar-refractivity contribution >= 4 is 11.7 Å². The van der Waals surface area contributed by atoms with Crippen molar-refractivity contribution in [1.82, 2.24) is 9.78 Å². The lowest BCUT2D eigenvalue weighted by molar-refractivity contribution is -0.116. The van der Waals surface area contributed by atoms with Crippen molar-refractivity contribution in [3.8, 4) is 22.9 Å². The van der Waals surface area contributed by atoms with E-state index < -0.39 is 0 Å². The summed E-state index contributed by atoms with van der Waals surface area (Å²) in [5.74, 6) is 0.869. The topological polar surface area (TPSA) is 85.6 Å². The van der Waals surface area contributed by atoms with Gasteiger partial charge in [-0.25, -0.2) is 4.68 Å². The van der Waals surface area contributed by atoms with Gasteiger partial charge in [0.15, 0.2) is 11.5 Å². The van der Waals surface area contributed by atoms with Gasteiger partial charge >= 0.3 is 0 Å². The van der Waals surface area contributed by atoms with Crippen LogP contribution in [0, 0.1) is 0 Å². The van der Waals surface area contributed by atoms with Gasteiger partial charge in [-0.2, -0.15) is 5.10 Å². The molecule has 1 aromatic heterocycles. The minimum absolute atomic E-state index is 0.0636. The van der Waals surface area contributed by atoms with E-state index in [1.165, 1.54) is 19.8 Å². The molecule has 4 rings (SSSR count). The Morgan fingerprint density at radius 3 is 2.59 bits per heavy atom. The maximum atomic E-state index is 12.5. The van der Waals surface area contributed by atoms with Crippen molar-refractivity contribution in [3.05, 3.63) is 59.3 Å². The molecule has 150 valence electrons. The van der Waals surface area contributed by atoms with Crippen molar-refractivity contribution < 1.29 is 19.4 Å². The Labute approximate surface area is 168 Å². The summed E-state index contributed by atoms with van der Waals surface area (Å²) in [7, 11) is 2.96. The third-order valence-corrected chi connectivity index (χ3v) is 5.29. The smallest absolute Gasteiger partial charge is 0.226 e. The molecule has 1 amide bonds. The average Bonchev–Trinajstić information content (AvgIpc) is 3.17. The molecule has 2 N–H and O–H groups in total. The van der Waals surface area contributed by atoms with Crippen LogP contribution < -0.4 is 14.8 Å². The molecular weight excluding hydrogens is 370 g/mol. The standard InChI is InChI=1S/C22H23N3O4/c1-4-13-6-5-7-15(8-13)25-22-17(12-23-25)16(11-20(26)24-22)14-9-18(28-2)21(27)19(10-14)29-3/h5-10,12,16,27H,4,11H2,1-3H3,(H,24,26). The maximum Gasteiger partial charge on any atom is 0.226 e. The zero-order valence-corrected chi connectivity index (χ0v) is 16.6. The summed E-state index contributed by atoms with van der Waals surface area (Å²) < 4.78 is 12.3. The molecule has 1 unspecified atom stereocenters. The number of carbonyl (C=O) groups excluding carboxylic acids is 1. The summed E-state index contributed by atoms with van der Waals surface area (Å²) in [6, 6.07) is 11.6. The first kappa shape index (κ1) is 18.9. The molecule has 0 saturated heterocycles. The predicted octanol–water partition coefficient (Wildman–Crippen LogP) is 3.63. The molecule has 7 nitrogen and oxygen atoms in total. The first-order valence-corrected chi connectivity index (χ1v) is 9.47. The van der Waals surface area contributed by atoms with Crippen LogP contribution in [0.3, 0.4) is 0 Å². The number of carbonyl (C=O) groups is 1. The molecule has 0 bridgehead atoms. The van der Waals surface area contributed by atoms with Gasteiger partial charge in [-0.1, -0.05) is 19.1 Å². The van der Waals surface area contributed by atoms with Gasteiger partial charge in [0.2, 0.25) is 11.7 Å². The Kier molecular flexibility index (Phi) is 4.88. The number of phenolic OH excluding ortho intramolecular Hbond substituents is 1. The molecule has 0 spiro atoms. The fraction of sp³-hybridized carbons (Fsp3) is 0.273. The highest BCUT2D eigenvalue weighted by Gasteiger charge is 2.31. The van der Waals surface area contributed by atoms with Crippen LogP contribution in [0.15, 0.2) is 42.6 Å². The van der Waals surface area contributed by atoms with Crippen LogP contribution in [0.4, 0.5) is 5.82 Å². The van der Waals surface area contributed by atoms with Crippen LogP contribution >= 0.6 is 0 Å². The molecule has 0 saturated carbocycles. The Morgan fingerprint density at radius 2 is 1.93 bits per heavy atom. The van der Waals surface area contributed by atoms with Gasteiger partial charge in [0.05, 0.1) is 26.1 Å². The maximum absolute atomic E-state index is 12.5. The molecular formula is C22H23N3O4. The minimum atomic E-state index is -0.231. The van der Waals surface area contributed by atoms with Crippen LogP contribution in [-0.2, 0) is 11.2 Å². The van der Waals surface area contributed by atoms with E-state index in [2.05, 4.69) is 29.5 Å². The van der Waals surface area contributed by atoms with E-state index in [9.17, 15) is 9.90 Å². The molecule has 0 aliphatic carbocycles. The molecule has 2 heterocycles. The molecule has 29 heavy (non-hydrogen) atoms. The molecule has 1 aliphatic rings. The molecule has 0 radical (unpaired) electrons. The number of methoxy groups -OCH3 is 2. The zero-order valence-electron chi connectivity index (χ0n) is 16.6. The highest BCUT2D eigenvalue weighted by atomic mass is 16.5. The van der Waals surface area contributed by atoms with Gasteiger partial charge < -0.3 is 19.9 Å². The summed E-state index contributed by atoms with van der Waals surface area (Å²) in [5.41, 5.74) is 3.81. The monoisotopic (exact) mass is 393 g/mol. The van der Waals surface area contributed by atoms with Crippen LogP contribution in [0.2, 0.25) is 0 Å². The number of phenols is 1. The van der Waals surface area contributed by atoms with E-state index in [1.54, 1.807) is 23.0 Å². The van der Waals surface area contributed by atoms with Crippen molar-refractivity contribution in [1.29, 1.82) is 0 Å².